The van der Waals surface area contributed by atoms with Gasteiger partial charge in [0.25, 0.3) is 0 Å². The molecule has 0 heterocycles. The molecule has 0 aliphatic rings. The molecule has 1 rings (SSSR count). The minimum Gasteiger partial charge on any atom is -0.481 e. The predicted molar refractivity (Wildman–Crippen MR) is 83.7 cm³/mol. The van der Waals surface area contributed by atoms with Crippen molar-refractivity contribution >= 4 is 12.0 Å². The number of aliphatic hydroxyl groups excluding tert-OH is 1. The third-order valence-electron chi connectivity index (χ3n) is 3.40. The Labute approximate surface area is 130 Å². The molecule has 22 heavy (non-hydrogen) atoms. The van der Waals surface area contributed by atoms with Gasteiger partial charge in [-0.3, -0.25) is 4.79 Å². The lowest BCUT2D eigenvalue weighted by Gasteiger charge is -2.25. The largest absolute Gasteiger partial charge is 0.481 e. The maximum atomic E-state index is 12.2. The third-order valence-corrected chi connectivity index (χ3v) is 3.40. The van der Waals surface area contributed by atoms with Crippen LogP contribution in [0.3, 0.4) is 0 Å². The standard InChI is InChI=1S/C16H24N2O4/c1-2-18(10-11-19)16(22)17-14(8-9-15(20)21)12-13-6-4-3-5-7-13/h3-7,14,19H,2,8-12H2,1H3,(H,17,22)(H,20,21). The van der Waals surface area contributed by atoms with Crippen molar-refractivity contribution < 1.29 is 19.8 Å². The first-order chi connectivity index (χ1) is 10.6. The lowest BCUT2D eigenvalue weighted by Crippen LogP contribution is -2.46. The summed E-state index contributed by atoms with van der Waals surface area (Å²) < 4.78 is 0. The summed E-state index contributed by atoms with van der Waals surface area (Å²) in [5.41, 5.74) is 1.04. The number of aliphatic hydroxyl groups is 1. The fraction of sp³-hybridized carbons (Fsp3) is 0.500. The molecule has 122 valence electrons. The first-order valence-corrected chi connectivity index (χ1v) is 7.48. The van der Waals surface area contributed by atoms with Gasteiger partial charge in [-0.05, 0) is 25.3 Å². The average molecular weight is 308 g/mol. The molecule has 0 aliphatic carbocycles. The molecule has 6 nitrogen and oxygen atoms in total. The molecule has 0 radical (unpaired) electrons. The van der Waals surface area contributed by atoms with E-state index in [1.807, 2.05) is 37.3 Å². The van der Waals surface area contributed by atoms with Crippen LogP contribution in [0.1, 0.15) is 25.3 Å². The normalized spacial score (nSPS) is 11.7. The van der Waals surface area contributed by atoms with Crippen LogP contribution in [0.4, 0.5) is 4.79 Å². The van der Waals surface area contributed by atoms with Gasteiger partial charge in [0, 0.05) is 25.6 Å². The second-order valence-electron chi connectivity index (χ2n) is 5.07. The second-order valence-corrected chi connectivity index (χ2v) is 5.07. The molecule has 0 aliphatic heterocycles. The summed E-state index contributed by atoms with van der Waals surface area (Å²) in [6, 6.07) is 9.11. The number of hydrogen-bond donors (Lipinski definition) is 3. The zero-order valence-electron chi connectivity index (χ0n) is 12.9. The minimum atomic E-state index is -0.880. The number of carboxylic acids is 1. The topological polar surface area (TPSA) is 89.9 Å². The first-order valence-electron chi connectivity index (χ1n) is 7.48. The molecule has 2 amide bonds. The number of urea groups is 1. The molecule has 1 aromatic carbocycles. The molecule has 0 saturated carbocycles. The van der Waals surface area contributed by atoms with E-state index in [4.69, 9.17) is 10.2 Å². The summed E-state index contributed by atoms with van der Waals surface area (Å²) in [5.74, 6) is -0.880. The Morgan fingerprint density at radius 2 is 1.95 bits per heavy atom. The van der Waals surface area contributed by atoms with Gasteiger partial charge in [-0.2, -0.15) is 0 Å². The van der Waals surface area contributed by atoms with Crippen molar-refractivity contribution in [3.8, 4) is 0 Å². The number of nitrogens with zero attached hydrogens (tertiary/aromatic N) is 1. The number of hydrogen-bond acceptors (Lipinski definition) is 3. The van der Waals surface area contributed by atoms with Crippen molar-refractivity contribution in [1.82, 2.24) is 10.2 Å². The Hall–Kier alpha value is -2.08. The van der Waals surface area contributed by atoms with Crippen molar-refractivity contribution in [2.45, 2.75) is 32.2 Å². The number of carbonyl (C=O) groups excluding carboxylic acids is 1. The number of nitrogens with one attached hydrogen (secondary N) is 1. The Bertz CT molecular complexity index is 464. The van der Waals surface area contributed by atoms with Crippen LogP contribution in [0.5, 0.6) is 0 Å². The average Bonchev–Trinajstić information content (AvgIpc) is 2.51. The first kappa shape index (κ1) is 18.0. The molecule has 3 N–H and O–H groups in total. The van der Waals surface area contributed by atoms with Gasteiger partial charge in [-0.1, -0.05) is 30.3 Å². The molecule has 0 spiro atoms. The van der Waals surface area contributed by atoms with Crippen molar-refractivity contribution in [3.63, 3.8) is 0 Å². The van der Waals surface area contributed by atoms with Crippen LogP contribution in [-0.2, 0) is 11.2 Å². The molecule has 6 heteroatoms. The maximum Gasteiger partial charge on any atom is 0.317 e. The second kappa shape index (κ2) is 9.78. The van der Waals surface area contributed by atoms with E-state index in [1.54, 1.807) is 0 Å². The van der Waals surface area contributed by atoms with Crippen LogP contribution >= 0.6 is 0 Å². The molecule has 0 bridgehead atoms. The van der Waals surface area contributed by atoms with Crippen LogP contribution in [0.2, 0.25) is 0 Å². The van der Waals surface area contributed by atoms with Crippen molar-refractivity contribution in [1.29, 1.82) is 0 Å². The van der Waals surface area contributed by atoms with E-state index in [9.17, 15) is 9.59 Å². The highest BCUT2D eigenvalue weighted by atomic mass is 16.4. The van der Waals surface area contributed by atoms with Crippen LogP contribution in [-0.4, -0.2) is 52.9 Å². The fourth-order valence-electron chi connectivity index (χ4n) is 2.21. The van der Waals surface area contributed by atoms with Crippen LogP contribution in [0.15, 0.2) is 30.3 Å². The third kappa shape index (κ3) is 6.58. The predicted octanol–water partition coefficient (Wildman–Crippen LogP) is 1.49. The van der Waals surface area contributed by atoms with E-state index in [2.05, 4.69) is 5.32 Å². The van der Waals surface area contributed by atoms with Gasteiger partial charge < -0.3 is 20.4 Å². The van der Waals surface area contributed by atoms with E-state index in [0.717, 1.165) is 5.56 Å². The number of amides is 2. The summed E-state index contributed by atoms with van der Waals surface area (Å²) in [6.45, 7) is 2.49. The molecule has 0 fully saturated rings. The van der Waals surface area contributed by atoms with Crippen molar-refractivity contribution in [2.24, 2.45) is 0 Å². The fourth-order valence-corrected chi connectivity index (χ4v) is 2.21. The molecular formula is C16H24N2O4. The molecular weight excluding hydrogens is 284 g/mol. The number of benzene rings is 1. The smallest absolute Gasteiger partial charge is 0.317 e. The van der Waals surface area contributed by atoms with Gasteiger partial charge in [0.15, 0.2) is 0 Å². The van der Waals surface area contributed by atoms with Gasteiger partial charge >= 0.3 is 12.0 Å². The Morgan fingerprint density at radius 1 is 1.27 bits per heavy atom. The SMILES string of the molecule is CCN(CCO)C(=O)NC(CCC(=O)O)Cc1ccccc1. The van der Waals surface area contributed by atoms with E-state index in [-0.39, 0.29) is 31.6 Å². The van der Waals surface area contributed by atoms with Gasteiger partial charge in [0.05, 0.1) is 6.61 Å². The van der Waals surface area contributed by atoms with Gasteiger partial charge in [-0.15, -0.1) is 0 Å². The lowest BCUT2D eigenvalue weighted by atomic mass is 10.0. The van der Waals surface area contributed by atoms with Crippen LogP contribution < -0.4 is 5.32 Å². The molecule has 1 atom stereocenters. The molecule has 0 saturated heterocycles. The van der Waals surface area contributed by atoms with Gasteiger partial charge in [0.1, 0.15) is 0 Å². The number of likely N-dealkylation sites (N-methyl/N-ethyl adjacent to an activating group) is 1. The maximum absolute atomic E-state index is 12.2. The minimum absolute atomic E-state index is 0.00387. The summed E-state index contributed by atoms with van der Waals surface area (Å²) in [4.78, 5) is 24.4. The quantitative estimate of drug-likeness (QED) is 0.644. The Balaban J connectivity index is 2.68. The number of rotatable bonds is 9. The monoisotopic (exact) mass is 308 g/mol. The van der Waals surface area contributed by atoms with E-state index < -0.39 is 5.97 Å². The highest BCUT2D eigenvalue weighted by Crippen LogP contribution is 2.08. The van der Waals surface area contributed by atoms with Gasteiger partial charge in [-0.25, -0.2) is 4.79 Å². The van der Waals surface area contributed by atoms with Crippen LogP contribution in [0.25, 0.3) is 0 Å². The zero-order valence-corrected chi connectivity index (χ0v) is 12.9. The number of carboxylic acid groups (broad SMARTS) is 1. The molecule has 1 aromatic rings. The summed E-state index contributed by atoms with van der Waals surface area (Å²) in [5, 5.41) is 20.7. The number of aliphatic carboxylic acids is 1. The number of carbonyl (C=O) groups is 2. The van der Waals surface area contributed by atoms with E-state index in [1.165, 1.54) is 4.90 Å². The zero-order chi connectivity index (χ0) is 16.4. The van der Waals surface area contributed by atoms with Crippen molar-refractivity contribution in [2.75, 3.05) is 19.7 Å². The van der Waals surface area contributed by atoms with Gasteiger partial charge in [0.2, 0.25) is 0 Å². The lowest BCUT2D eigenvalue weighted by molar-refractivity contribution is -0.137. The highest BCUT2D eigenvalue weighted by molar-refractivity contribution is 5.74. The Kier molecular flexibility index (Phi) is 7.99. The van der Waals surface area contributed by atoms with E-state index >= 15 is 0 Å². The van der Waals surface area contributed by atoms with Crippen LogP contribution in [0, 0.1) is 0 Å². The Morgan fingerprint density at radius 3 is 2.50 bits per heavy atom. The summed E-state index contributed by atoms with van der Waals surface area (Å²) in [6.07, 6.45) is 0.951. The van der Waals surface area contributed by atoms with Crippen molar-refractivity contribution in [3.05, 3.63) is 35.9 Å². The summed E-state index contributed by atoms with van der Waals surface area (Å²) >= 11 is 0. The molecule has 0 aromatic heterocycles. The highest BCUT2D eigenvalue weighted by Gasteiger charge is 2.18. The van der Waals surface area contributed by atoms with E-state index in [0.29, 0.717) is 19.4 Å². The summed E-state index contributed by atoms with van der Waals surface area (Å²) in [7, 11) is 0. The molecule has 1 unspecified atom stereocenters.